The maximum Gasteiger partial charge on any atom is 0.276 e. The third-order valence-corrected chi connectivity index (χ3v) is 3.25. The summed E-state index contributed by atoms with van der Waals surface area (Å²) >= 11 is 0. The standard InChI is InChI=1S/C13H16N4O/c1-9-3-2-4-11(15-9)13-16-12(17-18-13)10-5-7-14-8-6-10/h2-4,10,14H,5-8H2,1H3. The highest BCUT2D eigenvalue weighted by molar-refractivity contribution is 5.46. The first-order chi connectivity index (χ1) is 8.83. The van der Waals surface area contributed by atoms with Crippen LogP contribution in [0.4, 0.5) is 0 Å². The van der Waals surface area contributed by atoms with Crippen LogP contribution in [0.5, 0.6) is 0 Å². The van der Waals surface area contributed by atoms with Gasteiger partial charge in [0.05, 0.1) is 0 Å². The number of aryl methyl sites for hydroxylation is 1. The van der Waals surface area contributed by atoms with Crippen molar-refractivity contribution in [1.82, 2.24) is 20.4 Å². The predicted octanol–water partition coefficient (Wildman–Crippen LogP) is 1.91. The molecule has 18 heavy (non-hydrogen) atoms. The van der Waals surface area contributed by atoms with Crippen LogP contribution in [0.3, 0.4) is 0 Å². The predicted molar refractivity (Wildman–Crippen MR) is 67.1 cm³/mol. The van der Waals surface area contributed by atoms with Crippen LogP contribution < -0.4 is 5.32 Å². The average molecular weight is 244 g/mol. The van der Waals surface area contributed by atoms with Gasteiger partial charge < -0.3 is 9.84 Å². The van der Waals surface area contributed by atoms with Gasteiger partial charge in [0.1, 0.15) is 5.69 Å². The molecule has 1 fully saturated rings. The molecule has 0 amide bonds. The molecule has 0 aromatic carbocycles. The molecule has 5 nitrogen and oxygen atoms in total. The van der Waals surface area contributed by atoms with E-state index in [1.165, 1.54) is 0 Å². The van der Waals surface area contributed by atoms with Gasteiger partial charge in [-0.1, -0.05) is 11.2 Å². The summed E-state index contributed by atoms with van der Waals surface area (Å²) in [5.41, 5.74) is 1.71. The molecule has 0 atom stereocenters. The van der Waals surface area contributed by atoms with E-state index in [-0.39, 0.29) is 0 Å². The van der Waals surface area contributed by atoms with Gasteiger partial charge in [-0.05, 0) is 45.0 Å². The van der Waals surface area contributed by atoms with E-state index in [9.17, 15) is 0 Å². The fraction of sp³-hybridized carbons (Fsp3) is 0.462. The van der Waals surface area contributed by atoms with Crippen molar-refractivity contribution in [2.75, 3.05) is 13.1 Å². The number of nitrogens with one attached hydrogen (secondary N) is 1. The van der Waals surface area contributed by atoms with Crippen LogP contribution in [0.25, 0.3) is 11.6 Å². The van der Waals surface area contributed by atoms with E-state index < -0.39 is 0 Å². The minimum atomic E-state index is 0.411. The molecule has 2 aromatic rings. The van der Waals surface area contributed by atoms with Gasteiger partial charge in [0.2, 0.25) is 0 Å². The molecule has 0 aliphatic carbocycles. The maximum absolute atomic E-state index is 5.31. The van der Waals surface area contributed by atoms with E-state index in [0.29, 0.717) is 11.8 Å². The molecule has 1 aliphatic rings. The molecular formula is C13H16N4O. The van der Waals surface area contributed by atoms with Gasteiger partial charge in [-0.3, -0.25) is 0 Å². The normalized spacial score (nSPS) is 16.9. The molecule has 1 aliphatic heterocycles. The number of hydrogen-bond acceptors (Lipinski definition) is 5. The SMILES string of the molecule is Cc1cccc(-c2nc(C3CCNCC3)no2)n1. The van der Waals surface area contributed by atoms with Crippen molar-refractivity contribution >= 4 is 0 Å². The number of aromatic nitrogens is 3. The summed E-state index contributed by atoms with van der Waals surface area (Å²) in [6, 6.07) is 5.80. The van der Waals surface area contributed by atoms with Crippen LogP contribution in [0.15, 0.2) is 22.7 Å². The molecule has 0 spiro atoms. The third kappa shape index (κ3) is 2.26. The molecule has 94 valence electrons. The molecule has 5 heteroatoms. The zero-order chi connectivity index (χ0) is 12.4. The molecular weight excluding hydrogens is 228 g/mol. The smallest absolute Gasteiger partial charge is 0.276 e. The van der Waals surface area contributed by atoms with Crippen LogP contribution in [-0.2, 0) is 0 Å². The minimum absolute atomic E-state index is 0.411. The monoisotopic (exact) mass is 244 g/mol. The molecule has 3 rings (SSSR count). The Morgan fingerprint density at radius 2 is 2.06 bits per heavy atom. The first-order valence-electron chi connectivity index (χ1n) is 6.31. The second-order valence-electron chi connectivity index (χ2n) is 4.65. The Morgan fingerprint density at radius 1 is 1.22 bits per heavy atom. The molecule has 0 unspecified atom stereocenters. The highest BCUT2D eigenvalue weighted by Gasteiger charge is 2.21. The van der Waals surface area contributed by atoms with Gasteiger partial charge in [0.15, 0.2) is 5.82 Å². The molecule has 2 aromatic heterocycles. The number of piperidine rings is 1. The fourth-order valence-corrected chi connectivity index (χ4v) is 2.25. The van der Waals surface area contributed by atoms with Gasteiger partial charge in [0, 0.05) is 11.6 Å². The molecule has 1 N–H and O–H groups in total. The number of pyridine rings is 1. The summed E-state index contributed by atoms with van der Waals surface area (Å²) in [6.07, 6.45) is 2.14. The summed E-state index contributed by atoms with van der Waals surface area (Å²) < 4.78 is 5.31. The second kappa shape index (κ2) is 4.86. The Balaban J connectivity index is 1.84. The van der Waals surface area contributed by atoms with Crippen LogP contribution in [0.1, 0.15) is 30.3 Å². The van der Waals surface area contributed by atoms with Gasteiger partial charge in [-0.2, -0.15) is 4.98 Å². The third-order valence-electron chi connectivity index (χ3n) is 3.25. The highest BCUT2D eigenvalue weighted by atomic mass is 16.5. The topological polar surface area (TPSA) is 63.8 Å². The summed E-state index contributed by atoms with van der Waals surface area (Å²) in [4.78, 5) is 8.87. The van der Waals surface area contributed by atoms with Gasteiger partial charge in [0.25, 0.3) is 5.89 Å². The minimum Gasteiger partial charge on any atom is -0.332 e. The van der Waals surface area contributed by atoms with E-state index in [2.05, 4.69) is 20.4 Å². The van der Waals surface area contributed by atoms with E-state index in [1.807, 2.05) is 25.1 Å². The van der Waals surface area contributed by atoms with Gasteiger partial charge in [-0.25, -0.2) is 4.98 Å². The van der Waals surface area contributed by atoms with Crippen molar-refractivity contribution in [3.05, 3.63) is 29.7 Å². The molecule has 3 heterocycles. The van der Waals surface area contributed by atoms with Crippen LogP contribution in [-0.4, -0.2) is 28.2 Å². The van der Waals surface area contributed by atoms with Crippen molar-refractivity contribution in [3.8, 4) is 11.6 Å². The lowest BCUT2D eigenvalue weighted by Crippen LogP contribution is -2.27. The largest absolute Gasteiger partial charge is 0.332 e. The van der Waals surface area contributed by atoms with Crippen LogP contribution in [0, 0.1) is 6.92 Å². The first kappa shape index (κ1) is 11.3. The quantitative estimate of drug-likeness (QED) is 0.874. The van der Waals surface area contributed by atoms with Crippen molar-refractivity contribution in [2.45, 2.75) is 25.7 Å². The summed E-state index contributed by atoms with van der Waals surface area (Å²) in [7, 11) is 0. The molecule has 0 bridgehead atoms. The Hall–Kier alpha value is -1.75. The maximum atomic E-state index is 5.31. The zero-order valence-electron chi connectivity index (χ0n) is 10.4. The Bertz CT molecular complexity index is 531. The van der Waals surface area contributed by atoms with Crippen molar-refractivity contribution in [2.24, 2.45) is 0 Å². The Kier molecular flexibility index (Phi) is 3.06. The van der Waals surface area contributed by atoms with Gasteiger partial charge in [-0.15, -0.1) is 0 Å². The number of rotatable bonds is 2. The Labute approximate surface area is 106 Å². The lowest BCUT2D eigenvalue weighted by Gasteiger charge is -2.18. The van der Waals surface area contributed by atoms with Crippen molar-refractivity contribution in [1.29, 1.82) is 0 Å². The average Bonchev–Trinajstić information content (AvgIpc) is 2.89. The van der Waals surface area contributed by atoms with Gasteiger partial charge >= 0.3 is 0 Å². The lowest BCUT2D eigenvalue weighted by atomic mass is 9.98. The highest BCUT2D eigenvalue weighted by Crippen LogP contribution is 2.24. The van der Waals surface area contributed by atoms with Crippen molar-refractivity contribution < 1.29 is 4.52 Å². The van der Waals surface area contributed by atoms with E-state index in [0.717, 1.165) is 43.1 Å². The van der Waals surface area contributed by atoms with E-state index in [4.69, 9.17) is 4.52 Å². The second-order valence-corrected chi connectivity index (χ2v) is 4.65. The Morgan fingerprint density at radius 3 is 2.83 bits per heavy atom. The van der Waals surface area contributed by atoms with E-state index in [1.54, 1.807) is 0 Å². The molecule has 1 saturated heterocycles. The molecule has 0 radical (unpaired) electrons. The number of hydrogen-bond donors (Lipinski definition) is 1. The van der Waals surface area contributed by atoms with Crippen molar-refractivity contribution in [3.63, 3.8) is 0 Å². The fourth-order valence-electron chi connectivity index (χ4n) is 2.25. The number of nitrogens with zero attached hydrogens (tertiary/aromatic N) is 3. The van der Waals surface area contributed by atoms with E-state index >= 15 is 0 Å². The lowest BCUT2D eigenvalue weighted by molar-refractivity contribution is 0.391. The first-order valence-corrected chi connectivity index (χ1v) is 6.31. The summed E-state index contributed by atoms with van der Waals surface area (Å²) in [5, 5.41) is 7.42. The van der Waals surface area contributed by atoms with Crippen LogP contribution in [0.2, 0.25) is 0 Å². The summed E-state index contributed by atoms with van der Waals surface area (Å²) in [6.45, 7) is 4.00. The summed E-state index contributed by atoms with van der Waals surface area (Å²) in [5.74, 6) is 1.75. The van der Waals surface area contributed by atoms with Crippen LogP contribution >= 0.6 is 0 Å². The molecule has 0 saturated carbocycles. The zero-order valence-corrected chi connectivity index (χ0v) is 10.4.